The van der Waals surface area contributed by atoms with Gasteiger partial charge in [-0.3, -0.25) is 9.59 Å². The maximum Gasteiger partial charge on any atom is 0.243 e. The maximum atomic E-state index is 12.6. The number of methoxy groups -OCH3 is 2. The molecule has 1 aromatic carbocycles. The highest BCUT2D eigenvalue weighted by molar-refractivity contribution is 7.99. The summed E-state index contributed by atoms with van der Waals surface area (Å²) >= 11 is 1.60. The van der Waals surface area contributed by atoms with Crippen LogP contribution in [0.3, 0.4) is 0 Å². The van der Waals surface area contributed by atoms with Gasteiger partial charge in [0.25, 0.3) is 0 Å². The van der Waals surface area contributed by atoms with Crippen LogP contribution in [0.1, 0.15) is 50.5 Å². The fourth-order valence-electron chi connectivity index (χ4n) is 3.24. The van der Waals surface area contributed by atoms with Crippen LogP contribution in [-0.2, 0) is 9.59 Å². The lowest BCUT2D eigenvalue weighted by Gasteiger charge is -2.28. The van der Waals surface area contributed by atoms with Gasteiger partial charge in [-0.05, 0) is 24.1 Å². The fourth-order valence-corrected chi connectivity index (χ4v) is 4.71. The zero-order valence-electron chi connectivity index (χ0n) is 16.6. The molecular weight excluding hydrogens is 364 g/mol. The second kappa shape index (κ2) is 10.4. The van der Waals surface area contributed by atoms with Gasteiger partial charge in [0.1, 0.15) is 11.4 Å². The van der Waals surface area contributed by atoms with Gasteiger partial charge in [0.2, 0.25) is 11.8 Å². The maximum absolute atomic E-state index is 12.6. The monoisotopic (exact) mass is 394 g/mol. The number of thioether (sulfide) groups is 1. The topological polar surface area (TPSA) is 67.9 Å². The van der Waals surface area contributed by atoms with Crippen LogP contribution in [0.2, 0.25) is 0 Å². The van der Waals surface area contributed by atoms with Gasteiger partial charge in [0.15, 0.2) is 11.5 Å². The Morgan fingerprint density at radius 2 is 1.93 bits per heavy atom. The van der Waals surface area contributed by atoms with Crippen molar-refractivity contribution < 1.29 is 19.1 Å². The minimum Gasteiger partial charge on any atom is -0.493 e. The Morgan fingerprint density at radius 1 is 1.19 bits per heavy atom. The molecule has 1 N–H and O–H groups in total. The second-order valence-corrected chi connectivity index (χ2v) is 7.71. The van der Waals surface area contributed by atoms with E-state index in [1.807, 2.05) is 18.2 Å². The van der Waals surface area contributed by atoms with E-state index < -0.39 is 6.04 Å². The molecule has 2 amide bonds. The summed E-state index contributed by atoms with van der Waals surface area (Å²) in [6.45, 7) is 4.33. The molecule has 2 rings (SSSR count). The summed E-state index contributed by atoms with van der Waals surface area (Å²) in [6, 6.07) is 5.17. The molecule has 1 aromatic rings. The molecule has 1 aliphatic heterocycles. The Bertz CT molecular complexity index is 653. The van der Waals surface area contributed by atoms with Crippen molar-refractivity contribution in [3.05, 3.63) is 23.8 Å². The summed E-state index contributed by atoms with van der Waals surface area (Å²) in [5, 5.41) is 2.78. The molecule has 1 fully saturated rings. The number of ether oxygens (including phenoxy) is 2. The average Bonchev–Trinajstić information content (AvgIpc) is 3.12. The van der Waals surface area contributed by atoms with Crippen molar-refractivity contribution >= 4 is 23.6 Å². The van der Waals surface area contributed by atoms with Crippen molar-refractivity contribution in [3.8, 4) is 11.5 Å². The van der Waals surface area contributed by atoms with Crippen molar-refractivity contribution in [1.82, 2.24) is 10.2 Å². The van der Waals surface area contributed by atoms with E-state index in [4.69, 9.17) is 9.47 Å². The third-order valence-electron chi connectivity index (χ3n) is 4.69. The highest BCUT2D eigenvalue weighted by atomic mass is 32.2. The zero-order chi connectivity index (χ0) is 19.8. The van der Waals surface area contributed by atoms with E-state index >= 15 is 0 Å². The summed E-state index contributed by atoms with van der Waals surface area (Å²) in [4.78, 5) is 26.6. The van der Waals surface area contributed by atoms with Gasteiger partial charge in [0, 0.05) is 19.2 Å². The lowest BCUT2D eigenvalue weighted by molar-refractivity contribution is -0.138. The van der Waals surface area contributed by atoms with Crippen LogP contribution in [0, 0.1) is 0 Å². The molecule has 0 bridgehead atoms. The van der Waals surface area contributed by atoms with Crippen LogP contribution in [0.4, 0.5) is 0 Å². The molecule has 1 aliphatic rings. The van der Waals surface area contributed by atoms with E-state index in [0.29, 0.717) is 23.8 Å². The standard InChI is InChI=1S/C20H30N2O4S/c1-5-6-7-8-11-21-19(24)16-13-27-20(22(16)14(2)23)15-9-10-17(25-3)18(12-15)26-4/h9-10,12,16,20H,5-8,11,13H2,1-4H3,(H,21,24). The molecule has 6 nitrogen and oxygen atoms in total. The van der Waals surface area contributed by atoms with E-state index in [1.165, 1.54) is 19.8 Å². The highest BCUT2D eigenvalue weighted by Gasteiger charge is 2.41. The molecule has 0 aromatic heterocycles. The van der Waals surface area contributed by atoms with Gasteiger partial charge in [-0.25, -0.2) is 0 Å². The van der Waals surface area contributed by atoms with Crippen molar-refractivity contribution in [2.45, 2.75) is 50.9 Å². The van der Waals surface area contributed by atoms with Crippen molar-refractivity contribution in [2.75, 3.05) is 26.5 Å². The molecule has 0 aliphatic carbocycles. The number of nitrogens with zero attached hydrogens (tertiary/aromatic N) is 1. The molecule has 7 heteroatoms. The highest BCUT2D eigenvalue weighted by Crippen LogP contribution is 2.43. The number of hydrogen-bond acceptors (Lipinski definition) is 5. The van der Waals surface area contributed by atoms with Gasteiger partial charge in [-0.1, -0.05) is 32.3 Å². The molecule has 0 saturated carbocycles. The first kappa shape index (κ1) is 21.4. The Balaban J connectivity index is 2.09. The van der Waals surface area contributed by atoms with E-state index in [-0.39, 0.29) is 17.2 Å². The number of carbonyl (C=O) groups excluding carboxylic acids is 2. The number of amides is 2. The largest absolute Gasteiger partial charge is 0.493 e. The summed E-state index contributed by atoms with van der Waals surface area (Å²) in [6.07, 6.45) is 4.42. The number of rotatable bonds is 9. The molecule has 2 unspecified atom stereocenters. The Morgan fingerprint density at radius 3 is 2.56 bits per heavy atom. The summed E-state index contributed by atoms with van der Waals surface area (Å²) in [5.41, 5.74) is 0.922. The molecular formula is C20H30N2O4S. The van der Waals surface area contributed by atoms with Gasteiger partial charge < -0.3 is 19.7 Å². The average molecular weight is 395 g/mol. The van der Waals surface area contributed by atoms with Crippen LogP contribution in [0.5, 0.6) is 11.5 Å². The quantitative estimate of drug-likeness (QED) is 0.651. The number of hydrogen-bond donors (Lipinski definition) is 1. The SMILES string of the molecule is CCCCCCNC(=O)C1CSC(c2ccc(OC)c(OC)c2)N1C(C)=O. The van der Waals surface area contributed by atoms with E-state index in [9.17, 15) is 9.59 Å². The number of benzene rings is 1. The first-order valence-electron chi connectivity index (χ1n) is 9.43. The van der Waals surface area contributed by atoms with Crippen molar-refractivity contribution in [2.24, 2.45) is 0 Å². The number of unbranched alkanes of at least 4 members (excludes halogenated alkanes) is 3. The molecule has 1 saturated heterocycles. The number of carbonyl (C=O) groups is 2. The summed E-state index contributed by atoms with van der Waals surface area (Å²) in [5.74, 6) is 1.66. The first-order chi connectivity index (χ1) is 13.0. The smallest absolute Gasteiger partial charge is 0.243 e. The molecule has 1 heterocycles. The lowest BCUT2D eigenvalue weighted by atomic mass is 10.1. The van der Waals surface area contributed by atoms with Crippen LogP contribution in [0.15, 0.2) is 18.2 Å². The van der Waals surface area contributed by atoms with E-state index in [2.05, 4.69) is 12.2 Å². The van der Waals surface area contributed by atoms with Crippen molar-refractivity contribution in [3.63, 3.8) is 0 Å². The third-order valence-corrected chi connectivity index (χ3v) is 6.01. The minimum absolute atomic E-state index is 0.0721. The molecule has 0 spiro atoms. The fraction of sp³-hybridized carbons (Fsp3) is 0.600. The van der Waals surface area contributed by atoms with Crippen LogP contribution < -0.4 is 14.8 Å². The molecule has 150 valence electrons. The van der Waals surface area contributed by atoms with E-state index in [0.717, 1.165) is 18.4 Å². The van der Waals surface area contributed by atoms with Crippen LogP contribution >= 0.6 is 11.8 Å². The summed E-state index contributed by atoms with van der Waals surface area (Å²) < 4.78 is 10.7. The van der Waals surface area contributed by atoms with E-state index in [1.54, 1.807) is 30.9 Å². The molecule has 27 heavy (non-hydrogen) atoms. The second-order valence-electron chi connectivity index (χ2n) is 6.59. The third kappa shape index (κ3) is 5.31. The molecule has 2 atom stereocenters. The predicted octanol–water partition coefficient (Wildman–Crippen LogP) is 3.36. The van der Waals surface area contributed by atoms with Gasteiger partial charge in [-0.2, -0.15) is 0 Å². The lowest BCUT2D eigenvalue weighted by Crippen LogP contribution is -2.47. The Kier molecular flexibility index (Phi) is 8.28. The van der Waals surface area contributed by atoms with Crippen molar-refractivity contribution in [1.29, 1.82) is 0 Å². The summed E-state index contributed by atoms with van der Waals surface area (Å²) in [7, 11) is 3.17. The van der Waals surface area contributed by atoms with Crippen LogP contribution in [0.25, 0.3) is 0 Å². The van der Waals surface area contributed by atoms with Crippen LogP contribution in [-0.4, -0.2) is 49.3 Å². The first-order valence-corrected chi connectivity index (χ1v) is 10.5. The Labute approximate surface area is 166 Å². The van der Waals surface area contributed by atoms with Gasteiger partial charge in [-0.15, -0.1) is 11.8 Å². The number of nitrogens with one attached hydrogen (secondary N) is 1. The normalized spacial score (nSPS) is 19.0. The minimum atomic E-state index is -0.447. The van der Waals surface area contributed by atoms with Gasteiger partial charge in [0.05, 0.1) is 14.2 Å². The molecule has 0 radical (unpaired) electrons. The zero-order valence-corrected chi connectivity index (χ0v) is 17.4. The Hall–Kier alpha value is -1.89. The van der Waals surface area contributed by atoms with Gasteiger partial charge >= 0.3 is 0 Å². The predicted molar refractivity (Wildman–Crippen MR) is 108 cm³/mol.